The summed E-state index contributed by atoms with van der Waals surface area (Å²) in [5.41, 5.74) is 2.12. The topological polar surface area (TPSA) is 76.2 Å². The molecule has 0 fully saturated rings. The van der Waals surface area contributed by atoms with E-state index < -0.39 is 17.5 Å². The highest BCUT2D eigenvalue weighted by Crippen LogP contribution is 2.35. The number of nitrogens with zero attached hydrogens (tertiary/aromatic N) is 1. The van der Waals surface area contributed by atoms with Gasteiger partial charge >= 0.3 is 0 Å². The van der Waals surface area contributed by atoms with Crippen LogP contribution < -0.4 is 14.8 Å². The van der Waals surface area contributed by atoms with Crippen LogP contribution in [0.4, 0.5) is 14.6 Å². The minimum absolute atomic E-state index is 0.243. The Morgan fingerprint density at radius 2 is 1.83 bits per heavy atom. The van der Waals surface area contributed by atoms with Crippen molar-refractivity contribution >= 4 is 22.6 Å². The fraction of sp³-hybridized carbons (Fsp3) is 0.0909. The molecule has 8 heteroatoms. The molecule has 1 heterocycles. The Hall–Kier alpha value is -3.94. The van der Waals surface area contributed by atoms with Crippen LogP contribution in [0, 0.1) is 11.6 Å². The van der Waals surface area contributed by atoms with Crippen LogP contribution in [0.25, 0.3) is 22.0 Å². The molecule has 0 saturated heterocycles. The van der Waals surface area contributed by atoms with Gasteiger partial charge in [-0.3, -0.25) is 9.89 Å². The predicted octanol–water partition coefficient (Wildman–Crippen LogP) is 4.78. The molecule has 0 aliphatic carbocycles. The van der Waals surface area contributed by atoms with Crippen molar-refractivity contribution in [2.24, 2.45) is 0 Å². The average molecular weight is 409 g/mol. The number of methoxy groups -OCH3 is 2. The highest BCUT2D eigenvalue weighted by Gasteiger charge is 2.16. The average Bonchev–Trinajstić information content (AvgIpc) is 3.15. The number of benzene rings is 3. The summed E-state index contributed by atoms with van der Waals surface area (Å²) in [7, 11) is 3.16. The van der Waals surface area contributed by atoms with Crippen LogP contribution in [0.15, 0.2) is 54.6 Å². The molecule has 0 aliphatic rings. The standard InChI is InChI=1S/C22H17F2N3O3/c1-29-14-5-8-15(20(11-14)30-2)12-3-6-17-19(9-12)26-27-21(17)25-22(28)16-7-4-13(23)10-18(16)24/h3-11H,1-2H3,(H2,25,26,27,28). The zero-order chi connectivity index (χ0) is 21.3. The molecular weight excluding hydrogens is 392 g/mol. The van der Waals surface area contributed by atoms with Gasteiger partial charge in [-0.15, -0.1) is 0 Å². The van der Waals surface area contributed by atoms with E-state index in [4.69, 9.17) is 9.47 Å². The molecule has 0 bridgehead atoms. The number of aromatic nitrogens is 2. The van der Waals surface area contributed by atoms with Gasteiger partial charge in [0.15, 0.2) is 5.82 Å². The van der Waals surface area contributed by atoms with Crippen molar-refractivity contribution in [2.75, 3.05) is 19.5 Å². The first-order chi connectivity index (χ1) is 14.5. The van der Waals surface area contributed by atoms with E-state index in [9.17, 15) is 13.6 Å². The molecular formula is C22H17F2N3O3. The van der Waals surface area contributed by atoms with Gasteiger partial charge in [0.2, 0.25) is 0 Å². The van der Waals surface area contributed by atoms with Crippen LogP contribution in [-0.4, -0.2) is 30.3 Å². The summed E-state index contributed by atoms with van der Waals surface area (Å²) in [6.45, 7) is 0. The third kappa shape index (κ3) is 3.55. The number of ether oxygens (including phenoxy) is 2. The van der Waals surface area contributed by atoms with Crippen LogP contribution in [0.1, 0.15) is 10.4 Å². The fourth-order valence-electron chi connectivity index (χ4n) is 3.17. The van der Waals surface area contributed by atoms with Crippen molar-refractivity contribution in [1.29, 1.82) is 0 Å². The van der Waals surface area contributed by atoms with Crippen LogP contribution in [-0.2, 0) is 0 Å². The molecule has 3 aromatic carbocycles. The molecule has 1 amide bonds. The Morgan fingerprint density at radius 3 is 2.57 bits per heavy atom. The number of halogens is 2. The van der Waals surface area contributed by atoms with Crippen molar-refractivity contribution in [3.05, 3.63) is 71.8 Å². The van der Waals surface area contributed by atoms with Crippen LogP contribution in [0.2, 0.25) is 0 Å². The van der Waals surface area contributed by atoms with Gasteiger partial charge in [0.25, 0.3) is 5.91 Å². The van der Waals surface area contributed by atoms with E-state index in [1.165, 1.54) is 0 Å². The number of aromatic amines is 1. The number of amides is 1. The highest BCUT2D eigenvalue weighted by molar-refractivity contribution is 6.08. The lowest BCUT2D eigenvalue weighted by Crippen LogP contribution is -2.14. The van der Waals surface area contributed by atoms with Crippen LogP contribution in [0.5, 0.6) is 11.5 Å². The monoisotopic (exact) mass is 409 g/mol. The lowest BCUT2D eigenvalue weighted by Gasteiger charge is -2.10. The SMILES string of the molecule is COc1ccc(-c2ccc3c(NC(=O)c4ccc(F)cc4F)n[nH]c3c2)c(OC)c1. The molecule has 0 aliphatic heterocycles. The van der Waals surface area contributed by atoms with Gasteiger partial charge in [-0.2, -0.15) is 5.10 Å². The minimum atomic E-state index is -0.943. The molecule has 30 heavy (non-hydrogen) atoms. The van der Waals surface area contributed by atoms with Gasteiger partial charge in [0, 0.05) is 23.1 Å². The first-order valence-electron chi connectivity index (χ1n) is 8.97. The molecule has 152 valence electrons. The van der Waals surface area contributed by atoms with E-state index in [1.54, 1.807) is 26.4 Å². The number of carbonyl (C=O) groups is 1. The first kappa shape index (κ1) is 19.4. The van der Waals surface area contributed by atoms with Crippen LogP contribution in [0.3, 0.4) is 0 Å². The quantitative estimate of drug-likeness (QED) is 0.498. The van der Waals surface area contributed by atoms with E-state index in [2.05, 4.69) is 15.5 Å². The normalized spacial score (nSPS) is 10.8. The molecule has 0 spiro atoms. The van der Waals surface area contributed by atoms with E-state index >= 15 is 0 Å². The number of anilines is 1. The zero-order valence-electron chi connectivity index (χ0n) is 16.1. The first-order valence-corrected chi connectivity index (χ1v) is 8.97. The maximum atomic E-state index is 13.9. The third-order valence-corrected chi connectivity index (χ3v) is 4.69. The molecule has 0 saturated carbocycles. The van der Waals surface area contributed by atoms with Gasteiger partial charge in [0.05, 0.1) is 25.3 Å². The Labute approximate surface area is 170 Å². The van der Waals surface area contributed by atoms with Gasteiger partial charge in [-0.25, -0.2) is 8.78 Å². The zero-order valence-corrected chi connectivity index (χ0v) is 16.1. The van der Waals surface area contributed by atoms with Crippen molar-refractivity contribution in [3.63, 3.8) is 0 Å². The molecule has 0 unspecified atom stereocenters. The second-order valence-corrected chi connectivity index (χ2v) is 6.48. The molecule has 4 aromatic rings. The van der Waals surface area contributed by atoms with Crippen molar-refractivity contribution < 1.29 is 23.0 Å². The maximum absolute atomic E-state index is 13.9. The van der Waals surface area contributed by atoms with Gasteiger partial charge < -0.3 is 14.8 Å². The van der Waals surface area contributed by atoms with Gasteiger partial charge in [0.1, 0.15) is 23.1 Å². The number of H-pyrrole nitrogens is 1. The highest BCUT2D eigenvalue weighted by atomic mass is 19.1. The molecule has 1 aromatic heterocycles. The van der Waals surface area contributed by atoms with E-state index in [1.807, 2.05) is 24.3 Å². The Bertz CT molecular complexity index is 1250. The lowest BCUT2D eigenvalue weighted by molar-refractivity contribution is 0.102. The van der Waals surface area contributed by atoms with E-state index in [-0.39, 0.29) is 11.4 Å². The molecule has 0 radical (unpaired) electrons. The predicted molar refractivity (Wildman–Crippen MR) is 109 cm³/mol. The number of rotatable bonds is 5. The van der Waals surface area contributed by atoms with Crippen molar-refractivity contribution in [1.82, 2.24) is 10.2 Å². The summed E-state index contributed by atoms with van der Waals surface area (Å²) >= 11 is 0. The third-order valence-electron chi connectivity index (χ3n) is 4.69. The Balaban J connectivity index is 1.65. The molecule has 2 N–H and O–H groups in total. The Morgan fingerprint density at radius 1 is 1.00 bits per heavy atom. The van der Waals surface area contributed by atoms with Gasteiger partial charge in [-0.05, 0) is 42.0 Å². The number of fused-ring (bicyclic) bond motifs is 1. The molecule has 0 atom stereocenters. The summed E-state index contributed by atoms with van der Waals surface area (Å²) < 4.78 is 37.6. The number of hydrogen-bond acceptors (Lipinski definition) is 4. The number of carbonyl (C=O) groups excluding carboxylic acids is 1. The number of nitrogens with one attached hydrogen (secondary N) is 2. The summed E-state index contributed by atoms with van der Waals surface area (Å²) in [6.07, 6.45) is 0. The molecule has 6 nitrogen and oxygen atoms in total. The summed E-state index contributed by atoms with van der Waals surface area (Å²) in [6, 6.07) is 13.8. The fourth-order valence-corrected chi connectivity index (χ4v) is 3.17. The van der Waals surface area contributed by atoms with Gasteiger partial charge in [-0.1, -0.05) is 6.07 Å². The Kier molecular flexibility index (Phi) is 5.05. The van der Waals surface area contributed by atoms with Crippen molar-refractivity contribution in [2.45, 2.75) is 0 Å². The second-order valence-electron chi connectivity index (χ2n) is 6.48. The molecule has 4 rings (SSSR count). The number of hydrogen-bond donors (Lipinski definition) is 2. The van der Waals surface area contributed by atoms with E-state index in [0.717, 1.165) is 23.3 Å². The van der Waals surface area contributed by atoms with Crippen molar-refractivity contribution in [3.8, 4) is 22.6 Å². The smallest absolute Gasteiger partial charge is 0.259 e. The summed E-state index contributed by atoms with van der Waals surface area (Å²) in [4.78, 5) is 12.4. The summed E-state index contributed by atoms with van der Waals surface area (Å²) in [5, 5.41) is 10.2. The minimum Gasteiger partial charge on any atom is -0.497 e. The second kappa shape index (κ2) is 7.82. The largest absolute Gasteiger partial charge is 0.497 e. The van der Waals surface area contributed by atoms with E-state index in [0.29, 0.717) is 28.5 Å². The van der Waals surface area contributed by atoms with Crippen LogP contribution >= 0.6 is 0 Å². The summed E-state index contributed by atoms with van der Waals surface area (Å²) in [5.74, 6) is -0.851. The lowest BCUT2D eigenvalue weighted by atomic mass is 10.0. The maximum Gasteiger partial charge on any atom is 0.259 e.